The quantitative estimate of drug-likeness (QED) is 0.362. The number of rotatable bonds is 5. The molecule has 1 aliphatic carbocycles. The van der Waals surface area contributed by atoms with E-state index in [9.17, 15) is 9.59 Å². The number of thiazole rings is 1. The molecule has 0 radical (unpaired) electrons. The first-order chi connectivity index (χ1) is 15.9. The predicted molar refractivity (Wildman–Crippen MR) is 130 cm³/mol. The van der Waals surface area contributed by atoms with E-state index in [2.05, 4.69) is 20.3 Å². The van der Waals surface area contributed by atoms with Gasteiger partial charge in [-0.25, -0.2) is 4.98 Å². The van der Waals surface area contributed by atoms with Crippen LogP contribution in [-0.4, -0.2) is 38.2 Å². The lowest BCUT2D eigenvalue weighted by atomic mass is 9.74. The highest BCUT2D eigenvalue weighted by Crippen LogP contribution is 2.32. The van der Waals surface area contributed by atoms with Gasteiger partial charge in [-0.05, 0) is 54.8 Å². The molecule has 1 aromatic carbocycles. The molecule has 5 rings (SSSR count). The minimum Gasteiger partial charge on any atom is -0.352 e. The first-order valence-corrected chi connectivity index (χ1v) is 11.9. The van der Waals surface area contributed by atoms with Gasteiger partial charge in [0.25, 0.3) is 5.91 Å². The number of nitrogens with one attached hydrogen (secondary N) is 2. The summed E-state index contributed by atoms with van der Waals surface area (Å²) in [7, 11) is 0. The van der Waals surface area contributed by atoms with E-state index in [4.69, 9.17) is 17.3 Å². The molecule has 4 aromatic rings. The van der Waals surface area contributed by atoms with Gasteiger partial charge in [0.15, 0.2) is 5.01 Å². The first-order valence-electron chi connectivity index (χ1n) is 10.7. The highest BCUT2D eigenvalue weighted by molar-refractivity contribution is 7.17. The number of fused-ring (bicyclic) bond motifs is 1. The zero-order valence-corrected chi connectivity index (χ0v) is 19.2. The van der Waals surface area contributed by atoms with Crippen molar-refractivity contribution >= 4 is 45.5 Å². The van der Waals surface area contributed by atoms with Crippen molar-refractivity contribution in [3.8, 4) is 10.4 Å². The Labute approximate surface area is 199 Å². The Morgan fingerprint density at radius 1 is 1.18 bits per heavy atom. The number of halogens is 1. The third-order valence-corrected chi connectivity index (χ3v) is 7.46. The van der Waals surface area contributed by atoms with Crippen LogP contribution in [0.4, 0.5) is 0 Å². The molecule has 9 heteroatoms. The molecule has 0 saturated heterocycles. The number of ketones is 1. The van der Waals surface area contributed by atoms with Crippen LogP contribution < -0.4 is 11.1 Å². The summed E-state index contributed by atoms with van der Waals surface area (Å²) in [4.78, 5) is 38.9. The number of benzene rings is 1. The molecule has 0 spiro atoms. The lowest BCUT2D eigenvalue weighted by molar-refractivity contribution is 0.0755. The number of nitrogens with zero attached hydrogens (tertiary/aromatic N) is 2. The van der Waals surface area contributed by atoms with Gasteiger partial charge in [0.05, 0.1) is 16.6 Å². The number of aromatic nitrogens is 3. The van der Waals surface area contributed by atoms with Crippen molar-refractivity contribution in [2.45, 2.75) is 37.3 Å². The Bertz CT molecular complexity index is 1340. The molecule has 2 unspecified atom stereocenters. The van der Waals surface area contributed by atoms with Gasteiger partial charge in [0.2, 0.25) is 5.78 Å². The van der Waals surface area contributed by atoms with Crippen LogP contribution in [0.3, 0.4) is 0 Å². The van der Waals surface area contributed by atoms with Gasteiger partial charge >= 0.3 is 0 Å². The smallest absolute Gasteiger partial charge is 0.280 e. The van der Waals surface area contributed by atoms with Crippen LogP contribution in [0.25, 0.3) is 21.3 Å². The number of H-pyrrole nitrogens is 1. The summed E-state index contributed by atoms with van der Waals surface area (Å²) in [5.41, 5.74) is 7.70. The van der Waals surface area contributed by atoms with Crippen LogP contribution in [0.2, 0.25) is 5.02 Å². The van der Waals surface area contributed by atoms with E-state index < -0.39 is 11.6 Å². The standard InChI is InChI=1S/C24H22ClN5O2S/c25-16-4-5-17-15(11-16)12-18(29-17)21(31)24(26)8-2-1-3-20(24)30-22(32)23-28-13-19(33-23)14-6-9-27-10-7-14/h4-7,9-13,20,29H,1-3,8,26H2,(H,30,32). The number of carbonyl (C=O) groups is 2. The van der Waals surface area contributed by atoms with E-state index in [0.717, 1.165) is 34.2 Å². The summed E-state index contributed by atoms with van der Waals surface area (Å²) in [6.45, 7) is 0. The minimum atomic E-state index is -1.20. The van der Waals surface area contributed by atoms with Crippen LogP contribution in [0, 0.1) is 0 Å². The number of aromatic amines is 1. The maximum atomic E-state index is 13.5. The van der Waals surface area contributed by atoms with Gasteiger partial charge in [-0.2, -0.15) is 0 Å². The van der Waals surface area contributed by atoms with Crippen LogP contribution in [-0.2, 0) is 0 Å². The lowest BCUT2D eigenvalue weighted by Gasteiger charge is -2.39. The van der Waals surface area contributed by atoms with Crippen molar-refractivity contribution in [3.05, 3.63) is 70.7 Å². The summed E-state index contributed by atoms with van der Waals surface area (Å²) >= 11 is 7.38. The molecular formula is C24H22ClN5O2S. The molecule has 2 atom stereocenters. The molecule has 1 fully saturated rings. The summed E-state index contributed by atoms with van der Waals surface area (Å²) in [6.07, 6.45) is 7.90. The number of carbonyl (C=O) groups excluding carboxylic acids is 2. The molecule has 0 aliphatic heterocycles. The van der Waals surface area contributed by atoms with Crippen molar-refractivity contribution < 1.29 is 9.59 Å². The number of hydrogen-bond acceptors (Lipinski definition) is 6. The summed E-state index contributed by atoms with van der Waals surface area (Å²) in [5.74, 6) is -0.533. The van der Waals surface area contributed by atoms with Gasteiger partial charge in [0.1, 0.15) is 5.54 Å². The number of pyridine rings is 1. The fourth-order valence-electron chi connectivity index (χ4n) is 4.40. The Balaban J connectivity index is 1.38. The monoisotopic (exact) mass is 479 g/mol. The van der Waals surface area contributed by atoms with Crippen molar-refractivity contribution in [1.82, 2.24) is 20.3 Å². The van der Waals surface area contributed by atoms with E-state index in [1.165, 1.54) is 11.3 Å². The lowest BCUT2D eigenvalue weighted by Crippen LogP contribution is -2.64. The van der Waals surface area contributed by atoms with E-state index in [1.807, 2.05) is 18.2 Å². The predicted octanol–water partition coefficient (Wildman–Crippen LogP) is 4.59. The van der Waals surface area contributed by atoms with Crippen molar-refractivity contribution in [1.29, 1.82) is 0 Å². The SMILES string of the molecule is NC1(C(=O)c2cc3cc(Cl)ccc3[nH]2)CCCCC1NC(=O)c1ncc(-c2ccncc2)s1. The number of Topliss-reactive ketones (excluding diaryl/α,β-unsaturated/α-hetero) is 1. The second-order valence-electron chi connectivity index (χ2n) is 8.32. The molecule has 1 aliphatic rings. The van der Waals surface area contributed by atoms with Crippen LogP contribution in [0.15, 0.2) is 55.0 Å². The number of hydrogen-bond donors (Lipinski definition) is 3. The highest BCUT2D eigenvalue weighted by atomic mass is 35.5. The zero-order valence-electron chi connectivity index (χ0n) is 17.7. The molecule has 3 heterocycles. The average Bonchev–Trinajstić information content (AvgIpc) is 3.48. The van der Waals surface area contributed by atoms with Crippen LogP contribution >= 0.6 is 22.9 Å². The fourth-order valence-corrected chi connectivity index (χ4v) is 5.40. The van der Waals surface area contributed by atoms with Crippen molar-refractivity contribution in [2.24, 2.45) is 5.73 Å². The summed E-state index contributed by atoms with van der Waals surface area (Å²) < 4.78 is 0. The Morgan fingerprint density at radius 2 is 2.00 bits per heavy atom. The maximum absolute atomic E-state index is 13.5. The zero-order chi connectivity index (χ0) is 23.0. The van der Waals surface area contributed by atoms with Crippen LogP contribution in [0.5, 0.6) is 0 Å². The number of nitrogens with two attached hydrogens (primary N) is 1. The van der Waals surface area contributed by atoms with Gasteiger partial charge in [-0.15, -0.1) is 11.3 Å². The normalized spacial score (nSPS) is 20.6. The summed E-state index contributed by atoms with van der Waals surface area (Å²) in [5, 5.41) is 4.78. The molecule has 0 bridgehead atoms. The number of amides is 1. The Hall–Kier alpha value is -3.07. The molecule has 1 saturated carbocycles. The summed E-state index contributed by atoms with van der Waals surface area (Å²) in [6, 6.07) is 10.4. The van der Waals surface area contributed by atoms with E-state index >= 15 is 0 Å². The molecule has 7 nitrogen and oxygen atoms in total. The van der Waals surface area contributed by atoms with Gasteiger partial charge in [0, 0.05) is 34.5 Å². The molecular weight excluding hydrogens is 458 g/mol. The molecule has 1 amide bonds. The second kappa shape index (κ2) is 8.70. The first kappa shape index (κ1) is 21.8. The molecule has 4 N–H and O–H groups in total. The Kier molecular flexibility index (Phi) is 5.74. The molecule has 3 aromatic heterocycles. The molecule has 168 valence electrons. The third-order valence-electron chi connectivity index (χ3n) is 6.18. The molecule has 33 heavy (non-hydrogen) atoms. The topological polar surface area (TPSA) is 114 Å². The van der Waals surface area contributed by atoms with E-state index in [0.29, 0.717) is 28.6 Å². The highest BCUT2D eigenvalue weighted by Gasteiger charge is 2.45. The maximum Gasteiger partial charge on any atom is 0.280 e. The van der Waals surface area contributed by atoms with Crippen molar-refractivity contribution in [2.75, 3.05) is 0 Å². The van der Waals surface area contributed by atoms with E-state index in [1.54, 1.807) is 36.8 Å². The van der Waals surface area contributed by atoms with Crippen molar-refractivity contribution in [3.63, 3.8) is 0 Å². The van der Waals surface area contributed by atoms with Gasteiger partial charge in [-0.3, -0.25) is 14.6 Å². The van der Waals surface area contributed by atoms with Gasteiger partial charge < -0.3 is 16.0 Å². The van der Waals surface area contributed by atoms with Gasteiger partial charge in [-0.1, -0.05) is 24.4 Å². The second-order valence-corrected chi connectivity index (χ2v) is 9.79. The minimum absolute atomic E-state index is 0.212. The largest absolute Gasteiger partial charge is 0.352 e. The average molecular weight is 480 g/mol. The van der Waals surface area contributed by atoms with E-state index in [-0.39, 0.29) is 11.7 Å². The van der Waals surface area contributed by atoms with Crippen LogP contribution in [0.1, 0.15) is 46.0 Å². The third kappa shape index (κ3) is 4.17. The fraction of sp³-hybridized carbons (Fsp3) is 0.250. The Morgan fingerprint density at radius 3 is 2.82 bits per heavy atom.